The SMILES string of the molecule is CC(C)(C)OC(=O)Nc1ccc(OC(=O)C(C)(C)Br)c(NC(=O)OC(C)(C)C)c1. The summed E-state index contributed by atoms with van der Waals surface area (Å²) in [4.78, 5) is 36.4. The fraction of sp³-hybridized carbons (Fsp3) is 0.550. The first kappa shape index (κ1) is 24.7. The van der Waals surface area contributed by atoms with Gasteiger partial charge in [0.1, 0.15) is 15.5 Å². The number of esters is 1. The number of hydrogen-bond donors (Lipinski definition) is 2. The highest BCUT2D eigenvalue weighted by atomic mass is 79.9. The predicted molar refractivity (Wildman–Crippen MR) is 115 cm³/mol. The zero-order valence-electron chi connectivity index (χ0n) is 18.1. The number of benzene rings is 1. The van der Waals surface area contributed by atoms with Crippen molar-refractivity contribution in [3.63, 3.8) is 0 Å². The Morgan fingerprint density at radius 1 is 0.828 bits per heavy atom. The molecule has 0 bridgehead atoms. The Labute approximate surface area is 179 Å². The van der Waals surface area contributed by atoms with E-state index in [1.807, 2.05) is 0 Å². The third-order valence-electron chi connectivity index (χ3n) is 2.95. The van der Waals surface area contributed by atoms with Gasteiger partial charge in [-0.2, -0.15) is 0 Å². The second-order valence-corrected chi connectivity index (χ2v) is 10.8. The number of carbonyl (C=O) groups is 3. The topological polar surface area (TPSA) is 103 Å². The minimum absolute atomic E-state index is 0.100. The highest BCUT2D eigenvalue weighted by Crippen LogP contribution is 2.31. The van der Waals surface area contributed by atoms with Gasteiger partial charge < -0.3 is 14.2 Å². The molecule has 1 aromatic rings. The van der Waals surface area contributed by atoms with Crippen LogP contribution >= 0.6 is 15.9 Å². The van der Waals surface area contributed by atoms with Crippen LogP contribution in [0, 0.1) is 0 Å². The summed E-state index contributed by atoms with van der Waals surface area (Å²) in [5.41, 5.74) is -0.898. The van der Waals surface area contributed by atoms with Gasteiger partial charge in [0.25, 0.3) is 0 Å². The molecule has 0 aliphatic heterocycles. The summed E-state index contributed by atoms with van der Waals surface area (Å²) in [5.74, 6) is -0.458. The maximum absolute atomic E-state index is 12.2. The minimum Gasteiger partial charge on any atom is -0.444 e. The Morgan fingerprint density at radius 3 is 1.76 bits per heavy atom. The van der Waals surface area contributed by atoms with Crippen molar-refractivity contribution in [3.05, 3.63) is 18.2 Å². The largest absolute Gasteiger partial charge is 0.444 e. The van der Waals surface area contributed by atoms with Crippen LogP contribution in [0.1, 0.15) is 55.4 Å². The molecule has 0 fully saturated rings. The molecule has 0 atom stereocenters. The maximum Gasteiger partial charge on any atom is 0.412 e. The molecule has 2 N–H and O–H groups in total. The van der Waals surface area contributed by atoms with E-state index in [9.17, 15) is 14.4 Å². The molecule has 0 heterocycles. The molecule has 0 unspecified atom stereocenters. The molecule has 0 radical (unpaired) electrons. The molecule has 1 rings (SSSR count). The van der Waals surface area contributed by atoms with Crippen LogP contribution in [0.15, 0.2) is 18.2 Å². The molecule has 0 aliphatic rings. The average molecular weight is 473 g/mol. The Morgan fingerprint density at radius 2 is 1.31 bits per heavy atom. The van der Waals surface area contributed by atoms with Gasteiger partial charge in [-0.1, -0.05) is 15.9 Å². The number of anilines is 2. The van der Waals surface area contributed by atoms with Gasteiger partial charge in [-0.05, 0) is 73.6 Å². The number of alkyl halides is 1. The number of nitrogens with one attached hydrogen (secondary N) is 2. The van der Waals surface area contributed by atoms with Crippen LogP contribution in [0.4, 0.5) is 21.0 Å². The lowest BCUT2D eigenvalue weighted by atomic mass is 10.2. The number of hydrogen-bond acceptors (Lipinski definition) is 6. The van der Waals surface area contributed by atoms with E-state index in [4.69, 9.17) is 14.2 Å². The monoisotopic (exact) mass is 472 g/mol. The summed E-state index contributed by atoms with van der Waals surface area (Å²) in [5, 5.41) is 5.11. The van der Waals surface area contributed by atoms with Crippen molar-refractivity contribution in [2.45, 2.75) is 70.9 Å². The van der Waals surface area contributed by atoms with Gasteiger partial charge in [-0.3, -0.25) is 15.4 Å². The van der Waals surface area contributed by atoms with Crippen LogP contribution in [0.2, 0.25) is 0 Å². The van der Waals surface area contributed by atoms with Crippen molar-refractivity contribution in [1.82, 2.24) is 0 Å². The van der Waals surface area contributed by atoms with E-state index in [1.54, 1.807) is 55.4 Å². The summed E-state index contributed by atoms with van der Waals surface area (Å²) in [6.07, 6.45) is -1.39. The smallest absolute Gasteiger partial charge is 0.412 e. The van der Waals surface area contributed by atoms with Gasteiger partial charge in [0.05, 0.1) is 5.69 Å². The van der Waals surface area contributed by atoms with Crippen LogP contribution in [-0.4, -0.2) is 33.7 Å². The molecular formula is C20H29BrN2O6. The first-order valence-corrected chi connectivity index (χ1v) is 9.81. The zero-order valence-corrected chi connectivity index (χ0v) is 19.6. The minimum atomic E-state index is -0.927. The molecule has 2 amide bonds. The van der Waals surface area contributed by atoms with Crippen molar-refractivity contribution < 1.29 is 28.6 Å². The van der Waals surface area contributed by atoms with Crippen LogP contribution in [0.25, 0.3) is 0 Å². The molecule has 9 heteroatoms. The van der Waals surface area contributed by atoms with Crippen LogP contribution in [0.3, 0.4) is 0 Å². The second-order valence-electron chi connectivity index (χ2n) is 8.83. The third-order valence-corrected chi connectivity index (χ3v) is 3.27. The molecule has 1 aromatic carbocycles. The van der Waals surface area contributed by atoms with Crippen LogP contribution in [-0.2, 0) is 14.3 Å². The molecule has 162 valence electrons. The van der Waals surface area contributed by atoms with Gasteiger partial charge in [-0.15, -0.1) is 0 Å². The Hall–Kier alpha value is -2.29. The molecule has 0 aliphatic carbocycles. The van der Waals surface area contributed by atoms with Gasteiger partial charge in [0.15, 0.2) is 5.75 Å². The highest BCUT2D eigenvalue weighted by Gasteiger charge is 2.28. The van der Waals surface area contributed by atoms with Gasteiger partial charge in [0.2, 0.25) is 0 Å². The lowest BCUT2D eigenvalue weighted by Gasteiger charge is -2.22. The lowest BCUT2D eigenvalue weighted by Crippen LogP contribution is -2.30. The molecular weight excluding hydrogens is 444 g/mol. The first-order valence-electron chi connectivity index (χ1n) is 9.01. The van der Waals surface area contributed by atoms with Crippen molar-refractivity contribution in [1.29, 1.82) is 0 Å². The normalized spacial score (nSPS) is 12.0. The van der Waals surface area contributed by atoms with E-state index >= 15 is 0 Å². The van der Waals surface area contributed by atoms with Gasteiger partial charge in [-0.25, -0.2) is 9.59 Å². The summed E-state index contributed by atoms with van der Waals surface area (Å²) in [6, 6.07) is 4.42. The van der Waals surface area contributed by atoms with E-state index in [2.05, 4.69) is 26.6 Å². The fourth-order valence-corrected chi connectivity index (χ4v) is 1.93. The average Bonchev–Trinajstić information content (AvgIpc) is 2.44. The van der Waals surface area contributed by atoms with E-state index in [1.165, 1.54) is 18.2 Å². The maximum atomic E-state index is 12.2. The van der Waals surface area contributed by atoms with Gasteiger partial charge >= 0.3 is 18.2 Å². The quantitative estimate of drug-likeness (QED) is 0.342. The number of carbonyl (C=O) groups excluding carboxylic acids is 3. The lowest BCUT2D eigenvalue weighted by molar-refractivity contribution is -0.135. The second kappa shape index (κ2) is 9.02. The standard InChI is InChI=1S/C20H29BrN2O6/c1-18(2,3)28-16(25)22-12-9-10-14(27-15(24)20(7,8)21)13(11-12)23-17(26)29-19(4,5)6/h9-11H,1-8H3,(H,22,25)(H,23,26). The molecule has 0 aromatic heterocycles. The number of halogens is 1. The number of ether oxygens (including phenoxy) is 3. The summed E-state index contributed by atoms with van der Waals surface area (Å²) in [7, 11) is 0. The summed E-state index contributed by atoms with van der Waals surface area (Å²) >= 11 is 3.23. The van der Waals surface area contributed by atoms with E-state index in [-0.39, 0.29) is 11.4 Å². The Bertz CT molecular complexity index is 773. The number of rotatable bonds is 4. The van der Waals surface area contributed by atoms with Crippen molar-refractivity contribution in [2.75, 3.05) is 10.6 Å². The molecule has 0 saturated heterocycles. The Kier molecular flexibility index (Phi) is 7.70. The van der Waals surface area contributed by atoms with Crippen molar-refractivity contribution >= 4 is 45.5 Å². The third kappa shape index (κ3) is 9.65. The molecule has 0 spiro atoms. The van der Waals surface area contributed by atoms with Crippen molar-refractivity contribution in [3.8, 4) is 5.75 Å². The summed E-state index contributed by atoms with van der Waals surface area (Å²) in [6.45, 7) is 13.7. The van der Waals surface area contributed by atoms with Gasteiger partial charge in [0, 0.05) is 5.69 Å². The first-order chi connectivity index (χ1) is 13.0. The van der Waals surface area contributed by atoms with Crippen LogP contribution < -0.4 is 15.4 Å². The molecule has 8 nitrogen and oxygen atoms in total. The Balaban J connectivity index is 3.13. The molecule has 29 heavy (non-hydrogen) atoms. The van der Waals surface area contributed by atoms with E-state index < -0.39 is 33.7 Å². The number of amides is 2. The summed E-state index contributed by atoms with van der Waals surface area (Å²) < 4.78 is 14.9. The highest BCUT2D eigenvalue weighted by molar-refractivity contribution is 9.10. The predicted octanol–water partition coefficient (Wildman–Crippen LogP) is 5.46. The van der Waals surface area contributed by atoms with Crippen molar-refractivity contribution in [2.24, 2.45) is 0 Å². The zero-order chi connectivity index (χ0) is 22.6. The van der Waals surface area contributed by atoms with Crippen LogP contribution in [0.5, 0.6) is 5.75 Å². The van der Waals surface area contributed by atoms with E-state index in [0.29, 0.717) is 5.69 Å². The van der Waals surface area contributed by atoms with E-state index in [0.717, 1.165) is 0 Å². The fourth-order valence-electron chi connectivity index (χ4n) is 1.85. The molecule has 0 saturated carbocycles.